The molecule has 140 valence electrons. The maximum Gasteiger partial charge on any atom is 0.275 e. The van der Waals surface area contributed by atoms with E-state index in [9.17, 15) is 4.79 Å². The summed E-state index contributed by atoms with van der Waals surface area (Å²) in [6.07, 6.45) is 1.95. The van der Waals surface area contributed by atoms with Crippen LogP contribution in [0, 0.1) is 6.92 Å². The van der Waals surface area contributed by atoms with Gasteiger partial charge in [-0.15, -0.1) is 0 Å². The van der Waals surface area contributed by atoms with Gasteiger partial charge in [-0.2, -0.15) is 0 Å². The summed E-state index contributed by atoms with van der Waals surface area (Å²) < 4.78 is 0. The first-order chi connectivity index (χ1) is 13.5. The molecule has 0 saturated heterocycles. The molecule has 5 heteroatoms. The van der Waals surface area contributed by atoms with Crippen LogP contribution in [0.5, 0.6) is 0 Å². The van der Waals surface area contributed by atoms with Crippen molar-refractivity contribution in [2.24, 2.45) is 0 Å². The summed E-state index contributed by atoms with van der Waals surface area (Å²) in [5.41, 5.74) is 4.35. The van der Waals surface area contributed by atoms with Gasteiger partial charge in [0.15, 0.2) is 0 Å². The summed E-state index contributed by atoms with van der Waals surface area (Å²) in [6.45, 7) is 2.05. The molecule has 0 aromatic heterocycles. The highest BCUT2D eigenvalue weighted by molar-refractivity contribution is 6.31. The lowest BCUT2D eigenvalue weighted by atomic mass is 10.0. The minimum absolute atomic E-state index is 0.0946. The zero-order valence-corrected chi connectivity index (χ0v) is 16.7. The van der Waals surface area contributed by atoms with E-state index < -0.39 is 0 Å². The number of carbonyl (C=O) groups is 1. The van der Waals surface area contributed by atoms with E-state index in [2.05, 4.69) is 29.6 Å². The van der Waals surface area contributed by atoms with Gasteiger partial charge in [-0.25, -0.2) is 0 Å². The Morgan fingerprint density at radius 1 is 0.821 bits per heavy atom. The number of aryl methyl sites for hydroxylation is 1. The Morgan fingerprint density at radius 3 is 2.00 bits per heavy atom. The molecular formula is C23H18Cl2N2O. The quantitative estimate of drug-likeness (QED) is 0.542. The Morgan fingerprint density at radius 2 is 1.39 bits per heavy atom. The molecule has 1 amide bonds. The fraction of sp³-hybridized carbons (Fsp3) is 0.0870. The number of nitrogens with one attached hydrogen (secondary N) is 1. The van der Waals surface area contributed by atoms with Gasteiger partial charge < -0.3 is 5.32 Å². The topological polar surface area (TPSA) is 32.3 Å². The summed E-state index contributed by atoms with van der Waals surface area (Å²) in [5.74, 6) is -0.0946. The number of carbonyl (C=O) groups excluding carboxylic acids is 1. The van der Waals surface area contributed by atoms with Crippen LogP contribution in [-0.2, 0) is 4.79 Å². The Hall–Kier alpha value is -2.75. The van der Waals surface area contributed by atoms with Crippen molar-refractivity contribution in [3.05, 3.63) is 106 Å². The molecule has 28 heavy (non-hydrogen) atoms. The zero-order chi connectivity index (χ0) is 19.7. The molecular weight excluding hydrogens is 391 g/mol. The molecule has 0 aliphatic carbocycles. The van der Waals surface area contributed by atoms with Gasteiger partial charge in [-0.05, 0) is 67.1 Å². The van der Waals surface area contributed by atoms with Crippen molar-refractivity contribution >= 4 is 40.5 Å². The van der Waals surface area contributed by atoms with Crippen LogP contribution in [0.4, 0.5) is 11.4 Å². The smallest absolute Gasteiger partial charge is 0.275 e. The average molecular weight is 409 g/mol. The molecule has 1 aliphatic heterocycles. The van der Waals surface area contributed by atoms with Crippen LogP contribution in [0.25, 0.3) is 0 Å². The van der Waals surface area contributed by atoms with Crippen molar-refractivity contribution in [2.75, 3.05) is 10.2 Å². The van der Waals surface area contributed by atoms with E-state index in [-0.39, 0.29) is 11.9 Å². The Balaban J connectivity index is 1.72. The van der Waals surface area contributed by atoms with E-state index >= 15 is 0 Å². The monoisotopic (exact) mass is 408 g/mol. The van der Waals surface area contributed by atoms with Crippen LogP contribution in [0.3, 0.4) is 0 Å². The maximum atomic E-state index is 13.2. The lowest BCUT2D eigenvalue weighted by Crippen LogP contribution is -2.30. The SMILES string of the molecule is Cc1ccc(C2C=C(Nc3ccc(Cl)cc3)C(=O)N2c2ccc(Cl)cc2)cc1. The molecule has 4 rings (SSSR count). The van der Waals surface area contributed by atoms with Gasteiger partial charge in [-0.3, -0.25) is 9.69 Å². The van der Waals surface area contributed by atoms with Crippen LogP contribution < -0.4 is 10.2 Å². The third-order valence-electron chi connectivity index (χ3n) is 4.70. The van der Waals surface area contributed by atoms with E-state index in [0.29, 0.717) is 15.7 Å². The molecule has 3 nitrogen and oxygen atoms in total. The number of halogens is 2. The fourth-order valence-electron chi connectivity index (χ4n) is 3.23. The second-order valence-electron chi connectivity index (χ2n) is 6.72. The number of hydrogen-bond acceptors (Lipinski definition) is 2. The Bertz CT molecular complexity index is 1030. The molecule has 1 atom stereocenters. The fourth-order valence-corrected chi connectivity index (χ4v) is 3.48. The average Bonchev–Trinajstić information content (AvgIpc) is 3.01. The standard InChI is InChI=1S/C23H18Cl2N2O/c1-15-2-4-16(5-3-15)22-14-21(26-19-10-6-17(24)7-11-19)23(28)27(22)20-12-8-18(25)9-13-20/h2-14,22,26H,1H3. The third kappa shape index (κ3) is 3.77. The molecule has 1 N–H and O–H groups in total. The van der Waals surface area contributed by atoms with Gasteiger partial charge in [0.05, 0.1) is 6.04 Å². The predicted molar refractivity (Wildman–Crippen MR) is 116 cm³/mol. The van der Waals surface area contributed by atoms with Gasteiger partial charge in [-0.1, -0.05) is 53.0 Å². The first-order valence-corrected chi connectivity index (χ1v) is 9.67. The highest BCUT2D eigenvalue weighted by atomic mass is 35.5. The van der Waals surface area contributed by atoms with Crippen LogP contribution in [0.1, 0.15) is 17.2 Å². The first-order valence-electron chi connectivity index (χ1n) is 8.91. The first kappa shape index (κ1) is 18.6. The molecule has 0 spiro atoms. The largest absolute Gasteiger partial charge is 0.351 e. The van der Waals surface area contributed by atoms with E-state index in [1.807, 2.05) is 37.3 Å². The number of nitrogens with zero attached hydrogens (tertiary/aromatic N) is 1. The summed E-state index contributed by atoms with van der Waals surface area (Å²) in [4.78, 5) is 15.0. The van der Waals surface area contributed by atoms with E-state index in [1.54, 1.807) is 29.2 Å². The van der Waals surface area contributed by atoms with Crippen molar-refractivity contribution in [3.8, 4) is 0 Å². The van der Waals surface area contributed by atoms with E-state index in [4.69, 9.17) is 23.2 Å². The third-order valence-corrected chi connectivity index (χ3v) is 5.20. The van der Waals surface area contributed by atoms with Crippen molar-refractivity contribution in [1.82, 2.24) is 0 Å². The number of hydrogen-bond donors (Lipinski definition) is 1. The van der Waals surface area contributed by atoms with E-state index in [0.717, 1.165) is 16.9 Å². The highest BCUT2D eigenvalue weighted by Crippen LogP contribution is 2.36. The van der Waals surface area contributed by atoms with Gasteiger partial charge in [0.2, 0.25) is 0 Å². The predicted octanol–water partition coefficient (Wildman–Crippen LogP) is 6.39. The second kappa shape index (κ2) is 7.70. The zero-order valence-electron chi connectivity index (χ0n) is 15.2. The molecule has 0 bridgehead atoms. The molecule has 1 heterocycles. The lowest BCUT2D eigenvalue weighted by Gasteiger charge is -2.25. The van der Waals surface area contributed by atoms with Crippen LogP contribution in [0.15, 0.2) is 84.6 Å². The molecule has 0 fully saturated rings. The maximum absolute atomic E-state index is 13.2. The van der Waals surface area contributed by atoms with Crippen LogP contribution >= 0.6 is 23.2 Å². The minimum atomic E-state index is -0.205. The molecule has 1 aliphatic rings. The number of anilines is 2. The van der Waals surface area contributed by atoms with Crippen molar-refractivity contribution in [1.29, 1.82) is 0 Å². The molecule has 3 aromatic rings. The van der Waals surface area contributed by atoms with Gasteiger partial charge in [0.1, 0.15) is 5.70 Å². The molecule has 0 saturated carbocycles. The Kier molecular flexibility index (Phi) is 5.12. The van der Waals surface area contributed by atoms with Crippen molar-refractivity contribution in [2.45, 2.75) is 13.0 Å². The van der Waals surface area contributed by atoms with Gasteiger partial charge in [0, 0.05) is 21.4 Å². The van der Waals surface area contributed by atoms with Crippen LogP contribution in [-0.4, -0.2) is 5.91 Å². The minimum Gasteiger partial charge on any atom is -0.351 e. The highest BCUT2D eigenvalue weighted by Gasteiger charge is 2.34. The Labute approximate surface area is 174 Å². The molecule has 0 radical (unpaired) electrons. The summed E-state index contributed by atoms with van der Waals surface area (Å²) >= 11 is 12.0. The van der Waals surface area contributed by atoms with Crippen LogP contribution in [0.2, 0.25) is 10.0 Å². The second-order valence-corrected chi connectivity index (χ2v) is 7.59. The number of amides is 1. The normalized spacial score (nSPS) is 16.2. The number of benzene rings is 3. The summed E-state index contributed by atoms with van der Waals surface area (Å²) in [5, 5.41) is 4.51. The van der Waals surface area contributed by atoms with Crippen molar-refractivity contribution < 1.29 is 4.79 Å². The summed E-state index contributed by atoms with van der Waals surface area (Å²) in [7, 11) is 0. The van der Waals surface area contributed by atoms with E-state index in [1.165, 1.54) is 5.56 Å². The number of rotatable bonds is 4. The summed E-state index contributed by atoms with van der Waals surface area (Å²) in [6, 6.07) is 22.6. The van der Waals surface area contributed by atoms with Crippen molar-refractivity contribution in [3.63, 3.8) is 0 Å². The lowest BCUT2D eigenvalue weighted by molar-refractivity contribution is -0.114. The molecule has 3 aromatic carbocycles. The van der Waals surface area contributed by atoms with Gasteiger partial charge >= 0.3 is 0 Å². The molecule has 1 unspecified atom stereocenters. The van der Waals surface area contributed by atoms with Gasteiger partial charge in [0.25, 0.3) is 5.91 Å².